The number of likely N-dealkylation sites (tertiary alicyclic amines) is 1. The molecule has 1 atom stereocenters. The number of ether oxygens (including phenoxy) is 1. The number of rotatable bonds is 7. The largest absolute Gasteiger partial charge is 0.484 e. The van der Waals surface area contributed by atoms with E-state index in [0.29, 0.717) is 5.92 Å². The lowest BCUT2D eigenvalue weighted by Crippen LogP contribution is -2.48. The number of piperazine rings is 1. The molecule has 1 aromatic heterocycles. The first-order valence-electron chi connectivity index (χ1n) is 12.4. The van der Waals surface area contributed by atoms with Crippen molar-refractivity contribution >= 4 is 16.8 Å². The van der Waals surface area contributed by atoms with Gasteiger partial charge in [0.1, 0.15) is 5.75 Å². The van der Waals surface area contributed by atoms with Gasteiger partial charge >= 0.3 is 0 Å². The Morgan fingerprint density at radius 3 is 2.85 bits per heavy atom. The Morgan fingerprint density at radius 2 is 1.97 bits per heavy atom. The average molecular weight is 462 g/mol. The standard InChI is InChI=1S/C27H35N5O2/c1-30-10-12-32(13-11-30)27(33)20-34-25-6-2-4-23(16-25)19-31-9-3-5-22(18-31)14-21-7-8-26-24(15-21)17-28-29-26/h2,4,6-8,15-17,22H,3,5,9-14,18-20H2,1H3,(H,28,29)/t22-/m0/s1. The first kappa shape index (κ1) is 22.9. The van der Waals surface area contributed by atoms with Crippen LogP contribution in [0.1, 0.15) is 24.0 Å². The fraction of sp³-hybridized carbons (Fsp3) is 0.481. The van der Waals surface area contributed by atoms with Crippen LogP contribution >= 0.6 is 0 Å². The summed E-state index contributed by atoms with van der Waals surface area (Å²) in [7, 11) is 2.09. The van der Waals surface area contributed by atoms with Gasteiger partial charge in [0.15, 0.2) is 6.61 Å². The molecule has 0 unspecified atom stereocenters. The first-order chi connectivity index (χ1) is 16.6. The number of aromatic nitrogens is 2. The number of aromatic amines is 1. The zero-order chi connectivity index (χ0) is 23.3. The Morgan fingerprint density at radius 1 is 1.09 bits per heavy atom. The first-order valence-corrected chi connectivity index (χ1v) is 12.4. The van der Waals surface area contributed by atoms with Crippen LogP contribution in [0.5, 0.6) is 5.75 Å². The van der Waals surface area contributed by atoms with Gasteiger partial charge in [-0.2, -0.15) is 5.10 Å². The lowest BCUT2D eigenvalue weighted by Gasteiger charge is -2.33. The molecule has 2 aromatic carbocycles. The number of carbonyl (C=O) groups excluding carboxylic acids is 1. The van der Waals surface area contributed by atoms with Crippen molar-refractivity contribution < 1.29 is 9.53 Å². The van der Waals surface area contributed by atoms with E-state index in [1.807, 2.05) is 23.2 Å². The fourth-order valence-electron chi connectivity index (χ4n) is 5.20. The number of hydrogen-bond donors (Lipinski definition) is 1. The Bertz CT molecular complexity index is 1110. The summed E-state index contributed by atoms with van der Waals surface area (Å²) in [4.78, 5) is 19.2. The molecule has 3 aromatic rings. The van der Waals surface area contributed by atoms with Crippen LogP contribution in [-0.2, 0) is 17.8 Å². The molecule has 0 bridgehead atoms. The summed E-state index contributed by atoms with van der Waals surface area (Å²) < 4.78 is 5.88. The van der Waals surface area contributed by atoms with Gasteiger partial charge in [-0.15, -0.1) is 0 Å². The van der Waals surface area contributed by atoms with Crippen molar-refractivity contribution in [3.8, 4) is 5.75 Å². The van der Waals surface area contributed by atoms with Crippen molar-refractivity contribution in [1.29, 1.82) is 0 Å². The van der Waals surface area contributed by atoms with Crippen LogP contribution in [-0.4, -0.2) is 83.7 Å². The summed E-state index contributed by atoms with van der Waals surface area (Å²) in [5, 5.41) is 8.36. The number of hydrogen-bond acceptors (Lipinski definition) is 5. The maximum Gasteiger partial charge on any atom is 0.260 e. The molecular formula is C27H35N5O2. The quantitative estimate of drug-likeness (QED) is 0.586. The van der Waals surface area contributed by atoms with Crippen molar-refractivity contribution in [2.45, 2.75) is 25.8 Å². The third kappa shape index (κ3) is 5.77. The predicted molar refractivity (Wildman–Crippen MR) is 134 cm³/mol. The van der Waals surface area contributed by atoms with Gasteiger partial charge in [0.2, 0.25) is 0 Å². The second kappa shape index (κ2) is 10.6. The highest BCUT2D eigenvalue weighted by molar-refractivity contribution is 5.78. The van der Waals surface area contributed by atoms with Crippen LogP contribution in [0.25, 0.3) is 10.9 Å². The lowest BCUT2D eigenvalue weighted by atomic mass is 9.90. The second-order valence-corrected chi connectivity index (χ2v) is 9.86. The summed E-state index contributed by atoms with van der Waals surface area (Å²) in [6, 6.07) is 14.9. The van der Waals surface area contributed by atoms with E-state index >= 15 is 0 Å². The second-order valence-electron chi connectivity index (χ2n) is 9.86. The van der Waals surface area contributed by atoms with Gasteiger partial charge in [-0.05, 0) is 74.2 Å². The van der Waals surface area contributed by atoms with E-state index in [-0.39, 0.29) is 12.5 Å². The summed E-state index contributed by atoms with van der Waals surface area (Å²) >= 11 is 0. The van der Waals surface area contributed by atoms with Gasteiger partial charge in [0.05, 0.1) is 11.7 Å². The number of fused-ring (bicyclic) bond motifs is 1. The molecule has 5 rings (SSSR count). The predicted octanol–water partition coefficient (Wildman–Crippen LogP) is 3.17. The number of piperidine rings is 1. The van der Waals surface area contributed by atoms with E-state index in [2.05, 4.69) is 57.4 Å². The van der Waals surface area contributed by atoms with E-state index in [0.717, 1.165) is 63.5 Å². The highest BCUT2D eigenvalue weighted by Gasteiger charge is 2.21. The molecule has 7 heteroatoms. The minimum Gasteiger partial charge on any atom is -0.484 e. The van der Waals surface area contributed by atoms with Gasteiger partial charge < -0.3 is 14.5 Å². The summed E-state index contributed by atoms with van der Waals surface area (Å²) in [5.74, 6) is 1.52. The normalized spacial score (nSPS) is 20.0. The van der Waals surface area contributed by atoms with Gasteiger partial charge in [-0.25, -0.2) is 0 Å². The molecule has 180 valence electrons. The van der Waals surface area contributed by atoms with Crippen LogP contribution in [0.3, 0.4) is 0 Å². The number of likely N-dealkylation sites (N-methyl/N-ethyl adjacent to an activating group) is 1. The van der Waals surface area contributed by atoms with Crippen LogP contribution in [0.4, 0.5) is 0 Å². The third-order valence-electron chi connectivity index (χ3n) is 7.16. The van der Waals surface area contributed by atoms with Gasteiger partial charge in [-0.3, -0.25) is 14.8 Å². The van der Waals surface area contributed by atoms with Crippen LogP contribution in [0.2, 0.25) is 0 Å². The smallest absolute Gasteiger partial charge is 0.260 e. The lowest BCUT2D eigenvalue weighted by molar-refractivity contribution is -0.134. The molecule has 2 aliphatic rings. The van der Waals surface area contributed by atoms with E-state index in [9.17, 15) is 4.79 Å². The molecule has 1 N–H and O–H groups in total. The molecule has 1 amide bonds. The Balaban J connectivity index is 1.12. The maximum absolute atomic E-state index is 12.5. The minimum absolute atomic E-state index is 0.0750. The molecule has 7 nitrogen and oxygen atoms in total. The fourth-order valence-corrected chi connectivity index (χ4v) is 5.20. The van der Waals surface area contributed by atoms with Crippen LogP contribution < -0.4 is 4.74 Å². The van der Waals surface area contributed by atoms with Crippen molar-refractivity contribution in [2.75, 3.05) is 52.9 Å². The molecular weight excluding hydrogens is 426 g/mol. The van der Waals surface area contributed by atoms with E-state index in [4.69, 9.17) is 4.74 Å². The zero-order valence-corrected chi connectivity index (χ0v) is 20.1. The Labute approximate surface area is 201 Å². The molecule has 0 spiro atoms. The van der Waals surface area contributed by atoms with E-state index in [1.54, 1.807) is 0 Å². The summed E-state index contributed by atoms with van der Waals surface area (Å²) in [5.41, 5.74) is 3.73. The monoisotopic (exact) mass is 461 g/mol. The number of amides is 1. The number of H-pyrrole nitrogens is 1. The van der Waals surface area contributed by atoms with Gasteiger partial charge in [0.25, 0.3) is 5.91 Å². The zero-order valence-electron chi connectivity index (χ0n) is 20.1. The number of nitrogens with zero attached hydrogens (tertiary/aromatic N) is 4. The topological polar surface area (TPSA) is 64.7 Å². The summed E-state index contributed by atoms with van der Waals surface area (Å²) in [6.45, 7) is 6.68. The molecule has 0 aliphatic carbocycles. The third-order valence-corrected chi connectivity index (χ3v) is 7.16. The van der Waals surface area contributed by atoms with Crippen molar-refractivity contribution in [2.24, 2.45) is 5.92 Å². The number of benzene rings is 2. The van der Waals surface area contributed by atoms with E-state index in [1.165, 1.54) is 29.4 Å². The van der Waals surface area contributed by atoms with Gasteiger partial charge in [0, 0.05) is 44.7 Å². The molecule has 2 aliphatic heterocycles. The number of nitrogens with one attached hydrogen (secondary N) is 1. The van der Waals surface area contributed by atoms with E-state index < -0.39 is 0 Å². The highest BCUT2D eigenvalue weighted by atomic mass is 16.5. The van der Waals surface area contributed by atoms with Crippen LogP contribution in [0.15, 0.2) is 48.7 Å². The number of carbonyl (C=O) groups is 1. The molecule has 0 saturated carbocycles. The highest BCUT2D eigenvalue weighted by Crippen LogP contribution is 2.24. The Hall–Kier alpha value is -2.90. The van der Waals surface area contributed by atoms with Gasteiger partial charge in [-0.1, -0.05) is 18.2 Å². The average Bonchev–Trinajstić information content (AvgIpc) is 3.31. The molecule has 2 saturated heterocycles. The van der Waals surface area contributed by atoms with Crippen molar-refractivity contribution in [1.82, 2.24) is 24.9 Å². The molecule has 3 heterocycles. The van der Waals surface area contributed by atoms with Crippen molar-refractivity contribution in [3.05, 3.63) is 59.8 Å². The molecule has 34 heavy (non-hydrogen) atoms. The van der Waals surface area contributed by atoms with Crippen LogP contribution in [0, 0.1) is 5.92 Å². The minimum atomic E-state index is 0.0750. The SMILES string of the molecule is CN1CCN(C(=O)COc2cccc(CN3CCC[C@@H](Cc4ccc5[nH]ncc5c4)C3)c2)CC1. The summed E-state index contributed by atoms with van der Waals surface area (Å²) in [6.07, 6.45) is 5.51. The molecule has 0 radical (unpaired) electrons. The molecule has 2 fully saturated rings. The maximum atomic E-state index is 12.5. The Kier molecular flexibility index (Phi) is 7.11. The van der Waals surface area contributed by atoms with Crippen molar-refractivity contribution in [3.63, 3.8) is 0 Å².